The maximum atomic E-state index is 13.9. The molecule has 2 aromatic rings. The molecule has 0 unspecified atom stereocenters. The van der Waals surface area contributed by atoms with Crippen molar-refractivity contribution in [3.8, 4) is 0 Å². The number of hydrogen-bond acceptors (Lipinski definition) is 6. The van der Waals surface area contributed by atoms with Crippen LogP contribution in [-0.4, -0.2) is 53.9 Å². The molecule has 0 bridgehead atoms. The van der Waals surface area contributed by atoms with Gasteiger partial charge in [0.1, 0.15) is 11.6 Å². The molecular weight excluding hydrogens is 600 g/mol. The number of amides is 1. The van der Waals surface area contributed by atoms with Crippen molar-refractivity contribution in [2.75, 3.05) is 36.0 Å². The van der Waals surface area contributed by atoms with Crippen LogP contribution in [0, 0.1) is 5.92 Å². The van der Waals surface area contributed by atoms with Crippen LogP contribution in [0.3, 0.4) is 0 Å². The lowest BCUT2D eigenvalue weighted by molar-refractivity contribution is -0.144. The third-order valence-corrected chi connectivity index (χ3v) is 8.57. The fourth-order valence-corrected chi connectivity index (χ4v) is 6.08. The number of aromatic nitrogens is 2. The number of alkyl halides is 6. The molecule has 2 saturated heterocycles. The number of ketones is 1. The van der Waals surface area contributed by atoms with Crippen molar-refractivity contribution in [2.24, 2.45) is 5.92 Å². The molecule has 1 aromatic heterocycles. The van der Waals surface area contributed by atoms with E-state index in [1.54, 1.807) is 11.0 Å². The zero-order valence-corrected chi connectivity index (χ0v) is 25.5. The Labute approximate surface area is 259 Å². The number of halogens is 6. The first-order valence-corrected chi connectivity index (χ1v) is 15.8. The van der Waals surface area contributed by atoms with Gasteiger partial charge in [0.25, 0.3) is 0 Å². The zero-order valence-electron chi connectivity index (χ0n) is 25.5. The number of piperidine rings is 1. The molecule has 2 fully saturated rings. The summed E-state index contributed by atoms with van der Waals surface area (Å²) in [6.07, 6.45) is -2.53. The van der Waals surface area contributed by atoms with Crippen LogP contribution in [0.25, 0.3) is 0 Å². The minimum Gasteiger partial charge on any atom is -0.356 e. The summed E-state index contributed by atoms with van der Waals surface area (Å²) < 4.78 is 80.2. The normalized spacial score (nSPS) is 18.0. The van der Waals surface area contributed by atoms with Crippen molar-refractivity contribution in [3.05, 3.63) is 47.3 Å². The first kappa shape index (κ1) is 34.5. The van der Waals surface area contributed by atoms with Gasteiger partial charge in [-0.15, -0.1) is 0 Å². The molecule has 0 spiro atoms. The van der Waals surface area contributed by atoms with Crippen LogP contribution in [0.5, 0.6) is 0 Å². The van der Waals surface area contributed by atoms with Gasteiger partial charge in [0, 0.05) is 45.1 Å². The topological polar surface area (TPSA) is 78.4 Å². The molecule has 7 nitrogen and oxygen atoms in total. The van der Waals surface area contributed by atoms with Gasteiger partial charge in [-0.3, -0.25) is 9.59 Å². The van der Waals surface area contributed by atoms with E-state index in [-0.39, 0.29) is 29.7 Å². The summed E-state index contributed by atoms with van der Waals surface area (Å²) >= 11 is 0. The van der Waals surface area contributed by atoms with E-state index < -0.39 is 29.8 Å². The molecule has 13 heteroatoms. The van der Waals surface area contributed by atoms with E-state index in [2.05, 4.69) is 15.3 Å². The van der Waals surface area contributed by atoms with Crippen molar-refractivity contribution >= 4 is 23.3 Å². The van der Waals surface area contributed by atoms with Gasteiger partial charge in [-0.1, -0.05) is 19.1 Å². The van der Waals surface area contributed by atoms with Gasteiger partial charge in [-0.2, -0.15) is 26.3 Å². The van der Waals surface area contributed by atoms with Crippen LogP contribution in [0.2, 0.25) is 0 Å². The SMILES string of the molecule is CCCNC(=O)CCCC1CCN(c2cc(N3CCC[C@H]3C(=O)CCCc3ccc(C(F)(F)F)cc3)nc(C(F)(F)F)n2)CC1. The summed E-state index contributed by atoms with van der Waals surface area (Å²) in [4.78, 5) is 36.2. The number of carbonyl (C=O) groups is 2. The third-order valence-electron chi connectivity index (χ3n) is 8.57. The summed E-state index contributed by atoms with van der Waals surface area (Å²) in [6.45, 7) is 4.11. The van der Waals surface area contributed by atoms with E-state index >= 15 is 0 Å². The first-order chi connectivity index (χ1) is 21.3. The molecule has 0 saturated carbocycles. The fraction of sp³-hybridized carbons (Fsp3) is 0.625. The van der Waals surface area contributed by atoms with Gasteiger partial charge in [-0.05, 0) is 81.4 Å². The van der Waals surface area contributed by atoms with Crippen molar-refractivity contribution < 1.29 is 35.9 Å². The molecule has 45 heavy (non-hydrogen) atoms. The summed E-state index contributed by atoms with van der Waals surface area (Å²) in [6, 6.07) is 5.73. The Morgan fingerprint density at radius 1 is 0.889 bits per heavy atom. The number of anilines is 2. The molecule has 2 aliphatic heterocycles. The first-order valence-electron chi connectivity index (χ1n) is 15.8. The molecule has 1 amide bonds. The van der Waals surface area contributed by atoms with Crippen molar-refractivity contribution in [1.82, 2.24) is 15.3 Å². The molecule has 4 rings (SSSR count). The lowest BCUT2D eigenvalue weighted by Crippen LogP contribution is -2.38. The van der Waals surface area contributed by atoms with Crippen molar-refractivity contribution in [1.29, 1.82) is 0 Å². The Bertz CT molecular complexity index is 1280. The summed E-state index contributed by atoms with van der Waals surface area (Å²) in [5, 5.41) is 2.87. The second-order valence-electron chi connectivity index (χ2n) is 11.9. The lowest BCUT2D eigenvalue weighted by Gasteiger charge is -2.34. The van der Waals surface area contributed by atoms with Crippen LogP contribution in [-0.2, 0) is 28.4 Å². The number of nitrogens with zero attached hydrogens (tertiary/aromatic N) is 4. The van der Waals surface area contributed by atoms with E-state index in [9.17, 15) is 35.9 Å². The number of rotatable bonds is 13. The Morgan fingerprint density at radius 2 is 1.58 bits per heavy atom. The van der Waals surface area contributed by atoms with Gasteiger partial charge >= 0.3 is 12.4 Å². The number of carbonyl (C=O) groups excluding carboxylic acids is 2. The van der Waals surface area contributed by atoms with Crippen LogP contribution in [0.4, 0.5) is 38.0 Å². The van der Waals surface area contributed by atoms with Crippen LogP contribution >= 0.6 is 0 Å². The molecule has 1 atom stereocenters. The third kappa shape index (κ3) is 9.80. The molecule has 1 aromatic carbocycles. The summed E-state index contributed by atoms with van der Waals surface area (Å²) in [5.74, 6) is -0.684. The smallest absolute Gasteiger partial charge is 0.356 e. The quantitative estimate of drug-likeness (QED) is 0.238. The van der Waals surface area contributed by atoms with Gasteiger partial charge in [0.15, 0.2) is 5.78 Å². The number of benzene rings is 1. The highest BCUT2D eigenvalue weighted by Crippen LogP contribution is 2.35. The Balaban J connectivity index is 1.36. The number of hydrogen-bond donors (Lipinski definition) is 1. The molecule has 0 radical (unpaired) electrons. The van der Waals surface area contributed by atoms with Crippen molar-refractivity contribution in [2.45, 2.75) is 95.9 Å². The molecule has 1 N–H and O–H groups in total. The molecule has 0 aliphatic carbocycles. The van der Waals surface area contributed by atoms with E-state index in [1.165, 1.54) is 12.1 Å². The van der Waals surface area contributed by atoms with Gasteiger partial charge in [0.2, 0.25) is 11.7 Å². The average Bonchev–Trinajstić information content (AvgIpc) is 3.50. The molecule has 2 aliphatic rings. The maximum Gasteiger partial charge on any atom is 0.451 e. The van der Waals surface area contributed by atoms with Gasteiger partial charge in [0.05, 0.1) is 11.6 Å². The van der Waals surface area contributed by atoms with Gasteiger partial charge in [-0.25, -0.2) is 9.97 Å². The highest BCUT2D eigenvalue weighted by atomic mass is 19.4. The molecule has 248 valence electrons. The average molecular weight is 642 g/mol. The Hall–Kier alpha value is -3.38. The van der Waals surface area contributed by atoms with E-state index in [4.69, 9.17) is 0 Å². The fourth-order valence-electron chi connectivity index (χ4n) is 6.08. The van der Waals surface area contributed by atoms with Crippen LogP contribution in [0.1, 0.15) is 88.1 Å². The minimum absolute atomic E-state index is 0.0420. The van der Waals surface area contributed by atoms with E-state index in [1.807, 2.05) is 11.8 Å². The maximum absolute atomic E-state index is 13.9. The number of Topliss-reactive ketones (excluding diaryl/α,β-unsaturated/α-hetero) is 1. The molecule has 3 heterocycles. The second kappa shape index (κ2) is 15.3. The van der Waals surface area contributed by atoms with Crippen molar-refractivity contribution in [3.63, 3.8) is 0 Å². The Morgan fingerprint density at radius 3 is 2.22 bits per heavy atom. The number of aryl methyl sites for hydroxylation is 1. The monoisotopic (exact) mass is 641 g/mol. The minimum atomic E-state index is -4.76. The Kier molecular flexibility index (Phi) is 11.7. The molecular formula is C32H41F6N5O2. The lowest BCUT2D eigenvalue weighted by atomic mass is 9.91. The summed E-state index contributed by atoms with van der Waals surface area (Å²) in [5.41, 5.74) is -0.0602. The van der Waals surface area contributed by atoms with Crippen LogP contribution < -0.4 is 15.1 Å². The number of nitrogens with one attached hydrogen (secondary N) is 1. The second-order valence-corrected chi connectivity index (χ2v) is 11.9. The summed E-state index contributed by atoms with van der Waals surface area (Å²) in [7, 11) is 0. The highest BCUT2D eigenvalue weighted by molar-refractivity contribution is 5.87. The van der Waals surface area contributed by atoms with E-state index in [0.29, 0.717) is 69.8 Å². The van der Waals surface area contributed by atoms with E-state index in [0.717, 1.165) is 44.2 Å². The zero-order chi connectivity index (χ0) is 32.6. The predicted molar refractivity (Wildman–Crippen MR) is 159 cm³/mol. The van der Waals surface area contributed by atoms with Gasteiger partial charge < -0.3 is 15.1 Å². The largest absolute Gasteiger partial charge is 0.451 e. The highest BCUT2D eigenvalue weighted by Gasteiger charge is 2.39. The van der Waals surface area contributed by atoms with Crippen LogP contribution in [0.15, 0.2) is 30.3 Å². The predicted octanol–water partition coefficient (Wildman–Crippen LogP) is 6.99. The standard InChI is InChI=1S/C32H41F6N5O2/c1-2-17-39-29(45)10-4-7-23-15-19-42(20-16-23)27-21-28(41-30(40-27)32(36,37)38)43-18-5-8-25(43)26(44)9-3-6-22-11-13-24(14-12-22)31(33,34)35/h11-14,21,23,25H,2-10,15-20H2,1H3,(H,39,45)/t25-/m0/s1.